The van der Waals surface area contributed by atoms with Crippen LogP contribution in [-0.4, -0.2) is 28.7 Å². The average molecular weight is 412 g/mol. The lowest BCUT2D eigenvalue weighted by Gasteiger charge is -2.21. The fraction of sp³-hybridized carbons (Fsp3) is 0.211. The van der Waals surface area contributed by atoms with Crippen molar-refractivity contribution < 1.29 is 9.90 Å². The van der Waals surface area contributed by atoms with Gasteiger partial charge >= 0.3 is 5.97 Å². The fourth-order valence-corrected chi connectivity index (χ4v) is 3.71. The highest BCUT2D eigenvalue weighted by Crippen LogP contribution is 2.40. The lowest BCUT2D eigenvalue weighted by molar-refractivity contribution is 0.0689. The third-order valence-corrected chi connectivity index (χ3v) is 5.29. The first-order valence-electron chi connectivity index (χ1n) is 8.16. The van der Waals surface area contributed by atoms with Crippen LogP contribution in [0.5, 0.6) is 0 Å². The van der Waals surface area contributed by atoms with Crippen molar-refractivity contribution in [3.05, 3.63) is 57.2 Å². The number of fused-ring (bicyclic) bond motifs is 1. The zero-order valence-electron chi connectivity index (χ0n) is 14.3. The van der Waals surface area contributed by atoms with Gasteiger partial charge in [-0.05, 0) is 44.2 Å². The van der Waals surface area contributed by atoms with Crippen LogP contribution in [0.1, 0.15) is 24.3 Å². The number of nitrogens with zero attached hydrogens (tertiary/aromatic N) is 2. The van der Waals surface area contributed by atoms with Gasteiger partial charge in [-0.3, -0.25) is 0 Å². The molecule has 136 valence electrons. The summed E-state index contributed by atoms with van der Waals surface area (Å²) in [4.78, 5) is 14.2. The molecule has 1 N–H and O–H groups in total. The van der Waals surface area contributed by atoms with Gasteiger partial charge in [0.2, 0.25) is 0 Å². The van der Waals surface area contributed by atoms with Crippen LogP contribution < -0.4 is 4.90 Å². The second-order valence-electron chi connectivity index (χ2n) is 5.77. The van der Waals surface area contributed by atoms with Gasteiger partial charge in [0.25, 0.3) is 0 Å². The number of rotatable bonds is 5. The summed E-state index contributed by atoms with van der Waals surface area (Å²) in [5.41, 5.74) is 2.10. The van der Waals surface area contributed by atoms with Gasteiger partial charge < -0.3 is 14.6 Å². The highest BCUT2D eigenvalue weighted by atomic mass is 35.5. The van der Waals surface area contributed by atoms with Gasteiger partial charge in [0.05, 0.1) is 21.2 Å². The summed E-state index contributed by atoms with van der Waals surface area (Å²) < 4.78 is 1.67. The molecule has 0 saturated carbocycles. The third-order valence-electron chi connectivity index (χ3n) is 4.33. The molecule has 1 aromatic heterocycles. The Morgan fingerprint density at radius 2 is 1.73 bits per heavy atom. The molecule has 3 aromatic rings. The molecule has 0 aliphatic rings. The predicted molar refractivity (Wildman–Crippen MR) is 109 cm³/mol. The number of hydrogen-bond donors (Lipinski definition) is 1. The van der Waals surface area contributed by atoms with Crippen LogP contribution >= 0.6 is 34.8 Å². The van der Waals surface area contributed by atoms with E-state index < -0.39 is 5.97 Å². The van der Waals surface area contributed by atoms with E-state index >= 15 is 0 Å². The van der Waals surface area contributed by atoms with Gasteiger partial charge in [-0.15, -0.1) is 0 Å². The molecule has 3 rings (SSSR count). The zero-order valence-corrected chi connectivity index (χ0v) is 16.5. The van der Waals surface area contributed by atoms with E-state index in [0.29, 0.717) is 45.0 Å². The van der Waals surface area contributed by atoms with Gasteiger partial charge in [0, 0.05) is 29.2 Å². The smallest absolute Gasteiger partial charge is 0.355 e. The number of benzene rings is 2. The standard InChI is InChI=1S/C19H17Cl3N2O2/c1-3-23(4-2)17-13-9-14(21)15(22)10-16(13)24(18(17)19(25)26)12-7-5-6-11(20)8-12/h5-10H,3-4H2,1-2H3,(H,25,26). The number of anilines is 1. The summed E-state index contributed by atoms with van der Waals surface area (Å²) >= 11 is 18.6. The second kappa shape index (κ2) is 7.39. The molecule has 0 aliphatic heterocycles. The van der Waals surface area contributed by atoms with Gasteiger partial charge in [-0.2, -0.15) is 0 Å². The van der Waals surface area contributed by atoms with Crippen molar-refractivity contribution in [2.75, 3.05) is 18.0 Å². The summed E-state index contributed by atoms with van der Waals surface area (Å²) in [6.07, 6.45) is 0. The van der Waals surface area contributed by atoms with Crippen LogP contribution in [0.25, 0.3) is 16.6 Å². The number of carboxylic acid groups (broad SMARTS) is 1. The van der Waals surface area contributed by atoms with Crippen LogP contribution in [0.2, 0.25) is 15.1 Å². The van der Waals surface area contributed by atoms with Crippen LogP contribution in [0.15, 0.2) is 36.4 Å². The summed E-state index contributed by atoms with van der Waals surface area (Å²) in [6.45, 7) is 5.28. The van der Waals surface area contributed by atoms with Crippen LogP contribution in [0, 0.1) is 0 Å². The van der Waals surface area contributed by atoms with E-state index in [-0.39, 0.29) is 5.69 Å². The van der Waals surface area contributed by atoms with Crippen molar-refractivity contribution in [3.8, 4) is 5.69 Å². The zero-order chi connectivity index (χ0) is 19.0. The number of hydrogen-bond acceptors (Lipinski definition) is 2. The quantitative estimate of drug-likeness (QED) is 0.549. The Morgan fingerprint density at radius 3 is 2.31 bits per heavy atom. The number of aromatic carboxylic acids is 1. The molecule has 0 unspecified atom stereocenters. The molecular formula is C19H17Cl3N2O2. The maximum atomic E-state index is 12.2. The van der Waals surface area contributed by atoms with E-state index in [9.17, 15) is 9.90 Å². The Balaban J connectivity index is 2.51. The summed E-state index contributed by atoms with van der Waals surface area (Å²) in [7, 11) is 0. The minimum Gasteiger partial charge on any atom is -0.476 e. The van der Waals surface area contributed by atoms with E-state index in [1.165, 1.54) is 0 Å². The average Bonchev–Trinajstić information content (AvgIpc) is 2.91. The molecule has 0 bridgehead atoms. The Kier molecular flexibility index (Phi) is 5.37. The first-order chi connectivity index (χ1) is 12.4. The summed E-state index contributed by atoms with van der Waals surface area (Å²) in [5.74, 6) is -1.03. The molecule has 0 aliphatic carbocycles. The van der Waals surface area contributed by atoms with E-state index in [4.69, 9.17) is 34.8 Å². The monoisotopic (exact) mass is 410 g/mol. The number of aromatic nitrogens is 1. The van der Waals surface area contributed by atoms with E-state index in [1.54, 1.807) is 34.9 Å². The van der Waals surface area contributed by atoms with Gasteiger partial charge in [0.1, 0.15) is 0 Å². The minimum atomic E-state index is -1.03. The van der Waals surface area contributed by atoms with Crippen LogP contribution in [0.4, 0.5) is 5.69 Å². The molecule has 1 heterocycles. The predicted octanol–water partition coefficient (Wildman–Crippen LogP) is 6.14. The van der Waals surface area contributed by atoms with E-state index in [1.807, 2.05) is 24.8 Å². The molecule has 0 fully saturated rings. The lowest BCUT2D eigenvalue weighted by atomic mass is 10.2. The third kappa shape index (κ3) is 3.13. The van der Waals surface area contributed by atoms with E-state index in [2.05, 4.69) is 0 Å². The first kappa shape index (κ1) is 18.9. The number of carboxylic acids is 1. The molecular weight excluding hydrogens is 395 g/mol. The summed E-state index contributed by atoms with van der Waals surface area (Å²) in [5, 5.41) is 12.0. The Labute approximate surface area is 166 Å². The van der Waals surface area contributed by atoms with Gasteiger partial charge in [-0.25, -0.2) is 4.79 Å². The molecule has 4 nitrogen and oxygen atoms in total. The summed E-state index contributed by atoms with van der Waals surface area (Å²) in [6, 6.07) is 10.5. The maximum absolute atomic E-state index is 12.2. The Morgan fingerprint density at radius 1 is 1.08 bits per heavy atom. The minimum absolute atomic E-state index is 0.157. The SMILES string of the molecule is CCN(CC)c1c(C(=O)O)n(-c2cccc(Cl)c2)c2cc(Cl)c(Cl)cc12. The molecule has 0 spiro atoms. The molecule has 26 heavy (non-hydrogen) atoms. The topological polar surface area (TPSA) is 45.5 Å². The van der Waals surface area contributed by atoms with Crippen molar-refractivity contribution in [1.82, 2.24) is 4.57 Å². The largest absolute Gasteiger partial charge is 0.476 e. The first-order valence-corrected chi connectivity index (χ1v) is 9.30. The maximum Gasteiger partial charge on any atom is 0.355 e. The van der Waals surface area contributed by atoms with Crippen molar-refractivity contribution in [3.63, 3.8) is 0 Å². The fourth-order valence-electron chi connectivity index (χ4n) is 3.21. The van der Waals surface area contributed by atoms with E-state index in [0.717, 1.165) is 5.39 Å². The Hall–Kier alpha value is -1.88. The van der Waals surface area contributed by atoms with Crippen molar-refractivity contribution in [1.29, 1.82) is 0 Å². The normalized spacial score (nSPS) is 11.1. The molecule has 0 amide bonds. The number of halogens is 3. The highest BCUT2D eigenvalue weighted by Gasteiger charge is 2.27. The molecule has 0 radical (unpaired) electrons. The highest BCUT2D eigenvalue weighted by molar-refractivity contribution is 6.43. The lowest BCUT2D eigenvalue weighted by Crippen LogP contribution is -2.24. The van der Waals surface area contributed by atoms with Crippen molar-refractivity contribution in [2.45, 2.75) is 13.8 Å². The molecule has 0 saturated heterocycles. The Bertz CT molecular complexity index is 994. The van der Waals surface area contributed by atoms with Crippen LogP contribution in [-0.2, 0) is 0 Å². The molecule has 0 atom stereocenters. The molecule has 2 aromatic carbocycles. The number of carbonyl (C=O) groups is 1. The van der Waals surface area contributed by atoms with Crippen molar-refractivity contribution >= 4 is 57.4 Å². The molecule has 7 heteroatoms. The van der Waals surface area contributed by atoms with Gasteiger partial charge in [0.15, 0.2) is 5.69 Å². The second-order valence-corrected chi connectivity index (χ2v) is 7.02. The van der Waals surface area contributed by atoms with Gasteiger partial charge in [-0.1, -0.05) is 40.9 Å². The van der Waals surface area contributed by atoms with Crippen molar-refractivity contribution in [2.24, 2.45) is 0 Å². The van der Waals surface area contributed by atoms with Crippen LogP contribution in [0.3, 0.4) is 0 Å².